The Bertz CT molecular complexity index is 1390. The number of nitrogens with zero attached hydrogens (tertiary/aromatic N) is 2. The molecule has 0 N–H and O–H groups in total. The van der Waals surface area contributed by atoms with E-state index in [2.05, 4.69) is 0 Å². The molecule has 0 atom stereocenters. The highest BCUT2D eigenvalue weighted by molar-refractivity contribution is 8.15. The summed E-state index contributed by atoms with van der Waals surface area (Å²) in [6.07, 6.45) is 3.65. The molecule has 9 heteroatoms. The average Bonchev–Trinajstić information content (AvgIpc) is 3.58. The van der Waals surface area contributed by atoms with Crippen LogP contribution in [0.1, 0.15) is 11.3 Å². The smallest absolute Gasteiger partial charge is 0.389 e. The molecule has 0 fully saturated rings. The van der Waals surface area contributed by atoms with E-state index in [9.17, 15) is 0 Å². The van der Waals surface area contributed by atoms with Crippen molar-refractivity contribution in [2.24, 2.45) is 0 Å². The van der Waals surface area contributed by atoms with E-state index in [-0.39, 0.29) is 0 Å². The number of hydrogen-bond acceptors (Lipinski definition) is 4. The predicted molar refractivity (Wildman–Crippen MR) is 133 cm³/mol. The summed E-state index contributed by atoms with van der Waals surface area (Å²) in [4.78, 5) is 0. The first kappa shape index (κ1) is 20.3. The fraction of sp³-hybridized carbons (Fsp3) is 0. The van der Waals surface area contributed by atoms with Crippen molar-refractivity contribution in [3.8, 4) is 0 Å². The minimum atomic E-state index is -4.07. The molecule has 0 aliphatic carbocycles. The largest absolute Gasteiger partial charge is 0.738 e. The van der Waals surface area contributed by atoms with Crippen LogP contribution in [0, 0.1) is 0 Å². The van der Waals surface area contributed by atoms with Crippen molar-refractivity contribution in [3.05, 3.63) is 107 Å². The number of fused-ring (bicyclic) bond motifs is 2. The van der Waals surface area contributed by atoms with Crippen molar-refractivity contribution in [2.75, 3.05) is 0 Å². The number of benzene rings is 1. The monoisotopic (exact) mass is 496 g/mol. The Labute approximate surface area is 200 Å². The van der Waals surface area contributed by atoms with Crippen LogP contribution in [0.2, 0.25) is 0 Å². The number of thioether (sulfide) groups is 1. The Morgan fingerprint density at radius 2 is 1.50 bits per heavy atom. The zero-order chi connectivity index (χ0) is 21.7. The third-order valence-electron chi connectivity index (χ3n) is 5.36. The summed E-state index contributed by atoms with van der Waals surface area (Å²) in [5, 5.41) is 5.03. The third kappa shape index (κ3) is 3.26. The van der Waals surface area contributed by atoms with Gasteiger partial charge in [0.15, 0.2) is 10.7 Å². The van der Waals surface area contributed by atoms with Crippen molar-refractivity contribution in [1.29, 1.82) is 0 Å². The van der Waals surface area contributed by atoms with Crippen molar-refractivity contribution >= 4 is 63.8 Å². The molecule has 0 bridgehead atoms. The Kier molecular flexibility index (Phi) is 5.02. The van der Waals surface area contributed by atoms with Gasteiger partial charge in [0.05, 0.1) is 19.0 Å². The molecule has 0 saturated heterocycles. The third-order valence-corrected chi connectivity index (χ3v) is 9.52. The van der Waals surface area contributed by atoms with Crippen molar-refractivity contribution in [1.82, 2.24) is 4.48 Å². The fourth-order valence-corrected chi connectivity index (χ4v) is 7.82. The van der Waals surface area contributed by atoms with Gasteiger partial charge < -0.3 is 17.6 Å². The maximum atomic E-state index is 16.3. The summed E-state index contributed by atoms with van der Waals surface area (Å²) in [5.74, 6) is 0. The lowest BCUT2D eigenvalue weighted by molar-refractivity contribution is -0.358. The van der Waals surface area contributed by atoms with Gasteiger partial charge in [-0.2, -0.15) is 0 Å². The molecule has 0 saturated carbocycles. The summed E-state index contributed by atoms with van der Waals surface area (Å²) in [7, 11) is 0. The summed E-state index contributed by atoms with van der Waals surface area (Å²) in [6, 6.07) is 21.3. The molecular weight excluding hydrogens is 481 g/mol. The zero-order valence-electron chi connectivity index (χ0n) is 16.5. The number of rotatable bonds is 4. The number of hydrogen-bond donors (Lipinski definition) is 0. The molecule has 0 amide bonds. The summed E-state index contributed by atoms with van der Waals surface area (Å²) < 4.78 is 37.0. The minimum absolute atomic E-state index is 0.548. The van der Waals surface area contributed by atoms with Crippen molar-refractivity contribution < 1.29 is 13.1 Å². The lowest BCUT2D eigenvalue weighted by Gasteiger charge is -2.33. The van der Waals surface area contributed by atoms with E-state index in [1.54, 1.807) is 22.7 Å². The first-order valence-electron chi connectivity index (χ1n) is 9.94. The van der Waals surface area contributed by atoms with Crippen LogP contribution < -0.4 is 0 Å². The van der Waals surface area contributed by atoms with Gasteiger partial charge in [0.2, 0.25) is 0 Å². The topological polar surface area (TPSA) is 7.94 Å². The van der Waals surface area contributed by atoms with Crippen molar-refractivity contribution in [3.63, 3.8) is 0 Å². The van der Waals surface area contributed by atoms with Crippen LogP contribution in [-0.4, -0.2) is 21.0 Å². The molecule has 2 aliphatic rings. The number of halogens is 2. The van der Waals surface area contributed by atoms with Crippen LogP contribution in [0.4, 0.5) is 8.63 Å². The average molecular weight is 496 g/mol. The van der Waals surface area contributed by atoms with Crippen LogP contribution in [0.3, 0.4) is 0 Å². The molecular formula is C23H15BF2N2S4. The molecule has 32 heavy (non-hydrogen) atoms. The van der Waals surface area contributed by atoms with E-state index in [0.717, 1.165) is 19.6 Å². The predicted octanol–water partition coefficient (Wildman–Crippen LogP) is 7.53. The Morgan fingerprint density at radius 1 is 0.781 bits per heavy atom. The quantitative estimate of drug-likeness (QED) is 0.270. The maximum absolute atomic E-state index is 16.3. The SMILES string of the molecule is F[B-]1(F)n2c(Sc3cccs3)ccc2C(c2ccccc2)=C2C=CC(Sc3cccs3)=[N+]21. The molecule has 3 aromatic heterocycles. The molecule has 6 rings (SSSR count). The lowest BCUT2D eigenvalue weighted by Crippen LogP contribution is -2.51. The molecule has 0 unspecified atom stereocenters. The molecule has 2 nitrogen and oxygen atoms in total. The molecule has 4 aromatic rings. The standard InChI is InChI=1S/C23H15BF2N2S4/c25-24(26)27-17(10-12-19(27)31-21-8-4-14-29-21)23(16-6-2-1-3-7-16)18-11-13-20(28(18)24)32-22-9-5-15-30-22/h1-15H. The molecule has 1 aromatic carbocycles. The van der Waals surface area contributed by atoms with E-state index < -0.39 is 6.97 Å². The Hall–Kier alpha value is -2.33. The van der Waals surface area contributed by atoms with Crippen LogP contribution in [-0.2, 0) is 0 Å². The summed E-state index contributed by atoms with van der Waals surface area (Å²) in [5.41, 5.74) is 2.87. The van der Waals surface area contributed by atoms with E-state index in [1.165, 1.54) is 32.5 Å². The summed E-state index contributed by atoms with van der Waals surface area (Å²) >= 11 is 5.89. The number of thiophene rings is 2. The van der Waals surface area contributed by atoms with Gasteiger partial charge in [-0.3, -0.25) is 0 Å². The molecule has 0 radical (unpaired) electrons. The lowest BCUT2D eigenvalue weighted by atomic mass is 9.86. The van der Waals surface area contributed by atoms with Gasteiger partial charge in [0, 0.05) is 17.8 Å². The first-order chi connectivity index (χ1) is 15.6. The van der Waals surface area contributed by atoms with E-state index in [4.69, 9.17) is 0 Å². The second kappa shape index (κ2) is 7.92. The van der Waals surface area contributed by atoms with E-state index in [1.807, 2.05) is 89.6 Å². The van der Waals surface area contributed by atoms with Crippen LogP contribution in [0.15, 0.2) is 109 Å². The number of allylic oxidation sites excluding steroid dienone is 1. The molecule has 5 heterocycles. The van der Waals surface area contributed by atoms with E-state index >= 15 is 8.63 Å². The molecule has 158 valence electrons. The molecule has 2 aliphatic heterocycles. The highest BCUT2D eigenvalue weighted by Gasteiger charge is 2.54. The fourth-order valence-electron chi connectivity index (χ4n) is 4.07. The first-order valence-corrected chi connectivity index (χ1v) is 13.3. The Balaban J connectivity index is 1.59. The van der Waals surface area contributed by atoms with Crippen LogP contribution >= 0.6 is 46.2 Å². The highest BCUT2D eigenvalue weighted by atomic mass is 32.2. The summed E-state index contributed by atoms with van der Waals surface area (Å²) in [6.45, 7) is -4.07. The normalized spacial score (nSPS) is 16.6. The van der Waals surface area contributed by atoms with Gasteiger partial charge >= 0.3 is 6.97 Å². The van der Waals surface area contributed by atoms with Crippen molar-refractivity contribution in [2.45, 2.75) is 13.4 Å². The van der Waals surface area contributed by atoms with Gasteiger partial charge in [-0.15, -0.1) is 22.7 Å². The van der Waals surface area contributed by atoms with Crippen LogP contribution in [0.25, 0.3) is 5.57 Å². The highest BCUT2D eigenvalue weighted by Crippen LogP contribution is 2.45. The van der Waals surface area contributed by atoms with Gasteiger partial charge in [-0.25, -0.2) is 0 Å². The Morgan fingerprint density at radius 3 is 2.19 bits per heavy atom. The van der Waals surface area contributed by atoms with E-state index in [0.29, 0.717) is 21.5 Å². The second-order valence-electron chi connectivity index (χ2n) is 7.25. The minimum Gasteiger partial charge on any atom is -0.389 e. The van der Waals surface area contributed by atoms with Crippen LogP contribution in [0.5, 0.6) is 0 Å². The zero-order valence-corrected chi connectivity index (χ0v) is 19.8. The number of aromatic nitrogens is 1. The van der Waals surface area contributed by atoms with Gasteiger partial charge in [0.25, 0.3) is 0 Å². The second-order valence-corrected chi connectivity index (χ2v) is 11.8. The maximum Gasteiger partial charge on any atom is 0.738 e. The molecule has 0 spiro atoms. The van der Waals surface area contributed by atoms with Gasteiger partial charge in [-0.1, -0.05) is 54.2 Å². The van der Waals surface area contributed by atoms with Gasteiger partial charge in [0.1, 0.15) is 0 Å². The van der Waals surface area contributed by atoms with Gasteiger partial charge in [-0.05, 0) is 52.4 Å².